The molecule has 17 heavy (non-hydrogen) atoms. The molecule has 0 spiro atoms. The van der Waals surface area contributed by atoms with Gasteiger partial charge >= 0.3 is 0 Å². The Kier molecular flexibility index (Phi) is 4.98. The molecule has 0 aliphatic rings. The molecule has 0 heterocycles. The quantitative estimate of drug-likeness (QED) is 0.908. The van der Waals surface area contributed by atoms with Crippen molar-refractivity contribution in [3.8, 4) is 11.8 Å². The molecule has 1 rings (SSSR count). The Balaban J connectivity index is 2.63. The minimum absolute atomic E-state index is 0.348. The predicted molar refractivity (Wildman–Crippen MR) is 71.8 cm³/mol. The third-order valence-electron chi connectivity index (χ3n) is 2.43. The van der Waals surface area contributed by atoms with Gasteiger partial charge in [0.1, 0.15) is 5.75 Å². The number of ether oxygens (including phenoxy) is 1. The van der Waals surface area contributed by atoms with Crippen LogP contribution < -0.4 is 10.1 Å². The predicted octanol–water partition coefficient (Wildman–Crippen LogP) is 3.10. The molecule has 0 saturated heterocycles. The summed E-state index contributed by atoms with van der Waals surface area (Å²) in [5, 5.41) is 12.2. The number of nitrogens with zero attached hydrogens (tertiary/aromatic N) is 1. The lowest BCUT2D eigenvalue weighted by Crippen LogP contribution is -2.27. The van der Waals surface area contributed by atoms with Gasteiger partial charge in [0.15, 0.2) is 0 Å². The number of nitriles is 1. The number of rotatable bonds is 5. The Labute approximate surface area is 111 Å². The molecule has 0 fully saturated rings. The molecule has 1 aromatic carbocycles. The van der Waals surface area contributed by atoms with E-state index in [4.69, 9.17) is 10.00 Å². The maximum absolute atomic E-state index is 8.91. The second kappa shape index (κ2) is 6.04. The Hall–Kier alpha value is -1.05. The van der Waals surface area contributed by atoms with Crippen LogP contribution in [0.15, 0.2) is 22.7 Å². The topological polar surface area (TPSA) is 45.0 Å². The van der Waals surface area contributed by atoms with Gasteiger partial charge in [0, 0.05) is 23.1 Å². The fourth-order valence-corrected chi connectivity index (χ4v) is 1.84. The molecule has 4 heteroatoms. The normalized spacial score (nSPS) is 11.0. The Morgan fingerprint density at radius 2 is 2.18 bits per heavy atom. The molecule has 0 aliphatic carbocycles. The van der Waals surface area contributed by atoms with Crippen molar-refractivity contribution in [3.05, 3.63) is 28.2 Å². The van der Waals surface area contributed by atoms with Gasteiger partial charge in [-0.3, -0.25) is 0 Å². The number of hydrogen-bond donors (Lipinski definition) is 1. The van der Waals surface area contributed by atoms with E-state index in [9.17, 15) is 0 Å². The molecule has 0 bridgehead atoms. The average molecular weight is 297 g/mol. The number of methoxy groups -OCH3 is 1. The van der Waals surface area contributed by atoms with Gasteiger partial charge in [-0.05, 0) is 32.0 Å². The van der Waals surface area contributed by atoms with Gasteiger partial charge in [-0.15, -0.1) is 0 Å². The minimum atomic E-state index is -0.348. The summed E-state index contributed by atoms with van der Waals surface area (Å²) in [6.45, 7) is 5.17. The van der Waals surface area contributed by atoms with Gasteiger partial charge in [-0.1, -0.05) is 15.9 Å². The van der Waals surface area contributed by atoms with Gasteiger partial charge in [-0.25, -0.2) is 0 Å². The Bertz CT molecular complexity index is 424. The first-order valence-electron chi connectivity index (χ1n) is 5.43. The van der Waals surface area contributed by atoms with Crippen molar-refractivity contribution < 1.29 is 4.74 Å². The van der Waals surface area contributed by atoms with Crippen LogP contribution in [-0.4, -0.2) is 13.7 Å². The Morgan fingerprint density at radius 3 is 2.76 bits per heavy atom. The van der Waals surface area contributed by atoms with E-state index in [0.717, 1.165) is 15.8 Å². The summed E-state index contributed by atoms with van der Waals surface area (Å²) < 4.78 is 6.31. The van der Waals surface area contributed by atoms with Crippen LogP contribution in [-0.2, 0) is 6.54 Å². The van der Waals surface area contributed by atoms with Gasteiger partial charge in [0.05, 0.1) is 18.6 Å². The summed E-state index contributed by atoms with van der Waals surface area (Å²) >= 11 is 3.43. The van der Waals surface area contributed by atoms with Crippen molar-refractivity contribution in [2.45, 2.75) is 20.4 Å². The maximum Gasteiger partial charge on any atom is 0.123 e. The van der Waals surface area contributed by atoms with Crippen molar-refractivity contribution in [2.24, 2.45) is 5.41 Å². The molecule has 3 nitrogen and oxygen atoms in total. The van der Waals surface area contributed by atoms with Crippen LogP contribution in [0.3, 0.4) is 0 Å². The van der Waals surface area contributed by atoms with E-state index in [1.807, 2.05) is 32.0 Å². The fraction of sp³-hybridized carbons (Fsp3) is 0.462. The smallest absolute Gasteiger partial charge is 0.123 e. The average Bonchev–Trinajstić information content (AvgIpc) is 2.29. The van der Waals surface area contributed by atoms with E-state index in [2.05, 4.69) is 27.3 Å². The maximum atomic E-state index is 8.91. The van der Waals surface area contributed by atoms with E-state index >= 15 is 0 Å². The summed E-state index contributed by atoms with van der Waals surface area (Å²) in [7, 11) is 1.66. The highest BCUT2D eigenvalue weighted by molar-refractivity contribution is 9.10. The lowest BCUT2D eigenvalue weighted by Gasteiger charge is -2.16. The summed E-state index contributed by atoms with van der Waals surface area (Å²) in [5.41, 5.74) is 0.731. The van der Waals surface area contributed by atoms with Crippen molar-refractivity contribution in [2.75, 3.05) is 13.7 Å². The monoisotopic (exact) mass is 296 g/mol. The first-order chi connectivity index (χ1) is 7.98. The molecule has 0 atom stereocenters. The number of hydrogen-bond acceptors (Lipinski definition) is 3. The van der Waals surface area contributed by atoms with Gasteiger partial charge in [0.25, 0.3) is 0 Å². The van der Waals surface area contributed by atoms with Gasteiger partial charge < -0.3 is 10.1 Å². The first kappa shape index (κ1) is 14.0. The standard InChI is InChI=1S/C13H17BrN2O/c1-13(2,8-15)9-16-7-10-6-11(14)4-5-12(10)17-3/h4-6,16H,7,9H2,1-3H3. The lowest BCUT2D eigenvalue weighted by atomic mass is 9.96. The molecule has 92 valence electrons. The van der Waals surface area contributed by atoms with Crippen LogP contribution in [0.5, 0.6) is 5.75 Å². The number of nitrogens with one attached hydrogen (secondary N) is 1. The second-order valence-electron chi connectivity index (χ2n) is 4.56. The van der Waals surface area contributed by atoms with Crippen molar-refractivity contribution in [1.82, 2.24) is 5.32 Å². The highest BCUT2D eigenvalue weighted by Crippen LogP contribution is 2.23. The largest absolute Gasteiger partial charge is 0.496 e. The second-order valence-corrected chi connectivity index (χ2v) is 5.47. The fourth-order valence-electron chi connectivity index (χ4n) is 1.43. The summed E-state index contributed by atoms with van der Waals surface area (Å²) in [6.07, 6.45) is 0. The van der Waals surface area contributed by atoms with Crippen LogP contribution in [0.25, 0.3) is 0 Å². The van der Waals surface area contributed by atoms with Crippen LogP contribution in [0, 0.1) is 16.7 Å². The van der Waals surface area contributed by atoms with E-state index in [0.29, 0.717) is 13.1 Å². The highest BCUT2D eigenvalue weighted by Gasteiger charge is 2.15. The van der Waals surface area contributed by atoms with Crippen LogP contribution in [0.4, 0.5) is 0 Å². The molecule has 0 unspecified atom stereocenters. The van der Waals surface area contributed by atoms with Gasteiger partial charge in [0.2, 0.25) is 0 Å². The summed E-state index contributed by atoms with van der Waals surface area (Å²) in [5.74, 6) is 0.857. The van der Waals surface area contributed by atoms with Crippen LogP contribution in [0.1, 0.15) is 19.4 Å². The van der Waals surface area contributed by atoms with Crippen LogP contribution >= 0.6 is 15.9 Å². The third kappa shape index (κ3) is 4.37. The molecule has 1 N–H and O–H groups in total. The number of halogens is 1. The van der Waals surface area contributed by atoms with E-state index in [1.54, 1.807) is 7.11 Å². The third-order valence-corrected chi connectivity index (χ3v) is 2.92. The van der Waals surface area contributed by atoms with E-state index in [1.165, 1.54) is 0 Å². The van der Waals surface area contributed by atoms with E-state index in [-0.39, 0.29) is 5.41 Å². The lowest BCUT2D eigenvalue weighted by molar-refractivity contribution is 0.401. The van der Waals surface area contributed by atoms with Crippen LogP contribution in [0.2, 0.25) is 0 Å². The molecule has 0 saturated carbocycles. The SMILES string of the molecule is COc1ccc(Br)cc1CNCC(C)(C)C#N. The van der Waals surface area contributed by atoms with E-state index < -0.39 is 0 Å². The van der Waals surface area contributed by atoms with Crippen molar-refractivity contribution >= 4 is 15.9 Å². The summed E-state index contributed by atoms with van der Waals surface area (Å²) in [4.78, 5) is 0. The Morgan fingerprint density at radius 1 is 1.47 bits per heavy atom. The highest BCUT2D eigenvalue weighted by atomic mass is 79.9. The molecular formula is C13H17BrN2O. The zero-order valence-electron chi connectivity index (χ0n) is 10.4. The van der Waals surface area contributed by atoms with Crippen molar-refractivity contribution in [3.63, 3.8) is 0 Å². The minimum Gasteiger partial charge on any atom is -0.496 e. The van der Waals surface area contributed by atoms with Gasteiger partial charge in [-0.2, -0.15) is 5.26 Å². The summed E-state index contributed by atoms with van der Waals surface area (Å²) in [6, 6.07) is 8.16. The molecular weight excluding hydrogens is 280 g/mol. The molecule has 0 aromatic heterocycles. The zero-order chi connectivity index (χ0) is 12.9. The zero-order valence-corrected chi connectivity index (χ0v) is 12.0. The molecule has 0 amide bonds. The molecule has 0 radical (unpaired) electrons. The van der Waals surface area contributed by atoms with Crippen molar-refractivity contribution in [1.29, 1.82) is 5.26 Å². The molecule has 1 aromatic rings. The number of benzene rings is 1. The molecule has 0 aliphatic heterocycles. The first-order valence-corrected chi connectivity index (χ1v) is 6.22.